The van der Waals surface area contributed by atoms with Crippen molar-refractivity contribution in [3.05, 3.63) is 82.9 Å². The van der Waals surface area contributed by atoms with Crippen LogP contribution in [0.5, 0.6) is 5.75 Å². The van der Waals surface area contributed by atoms with Crippen LogP contribution in [0.1, 0.15) is 54.1 Å². The van der Waals surface area contributed by atoms with Gasteiger partial charge in [-0.25, -0.2) is 4.79 Å². The van der Waals surface area contributed by atoms with E-state index in [1.165, 1.54) is 19.3 Å². The van der Waals surface area contributed by atoms with Crippen LogP contribution in [0.4, 0.5) is 0 Å². The van der Waals surface area contributed by atoms with Crippen molar-refractivity contribution in [1.29, 1.82) is 0 Å². The number of carbonyl (C=O) groups is 2. The summed E-state index contributed by atoms with van der Waals surface area (Å²) in [5.74, 6) is -0.423. The van der Waals surface area contributed by atoms with Gasteiger partial charge in [0.2, 0.25) is 0 Å². The fourth-order valence-corrected chi connectivity index (χ4v) is 4.95. The number of hydrogen-bond acceptors (Lipinski definition) is 4. The highest BCUT2D eigenvalue weighted by Crippen LogP contribution is 2.26. The molecule has 6 nitrogen and oxygen atoms in total. The Kier molecular flexibility index (Phi) is 8.96. The quantitative estimate of drug-likeness (QED) is 0.276. The summed E-state index contributed by atoms with van der Waals surface area (Å²) in [6.45, 7) is 6.83. The molecule has 6 heteroatoms. The first-order chi connectivity index (χ1) is 17.9. The van der Waals surface area contributed by atoms with Gasteiger partial charge in [-0.1, -0.05) is 55.0 Å². The minimum atomic E-state index is -0.965. The van der Waals surface area contributed by atoms with Crippen LogP contribution >= 0.6 is 0 Å². The van der Waals surface area contributed by atoms with Crippen LogP contribution in [0.2, 0.25) is 0 Å². The van der Waals surface area contributed by atoms with Crippen molar-refractivity contribution >= 4 is 28.7 Å². The molecule has 0 radical (unpaired) electrons. The van der Waals surface area contributed by atoms with Gasteiger partial charge in [-0.05, 0) is 74.4 Å². The first-order valence-electron chi connectivity index (χ1n) is 13.1. The molecule has 0 aliphatic carbocycles. The Morgan fingerprint density at radius 3 is 2.70 bits per heavy atom. The van der Waals surface area contributed by atoms with Crippen molar-refractivity contribution in [2.75, 3.05) is 26.2 Å². The fourth-order valence-electron chi connectivity index (χ4n) is 4.95. The van der Waals surface area contributed by atoms with Gasteiger partial charge in [0.25, 0.3) is 5.91 Å². The van der Waals surface area contributed by atoms with E-state index in [0.29, 0.717) is 29.5 Å². The Balaban J connectivity index is 1.48. The number of carboxylic acids is 1. The molecular formula is C31H36N2O4. The Morgan fingerprint density at radius 1 is 1.11 bits per heavy atom. The maximum Gasteiger partial charge on any atom is 0.335 e. The summed E-state index contributed by atoms with van der Waals surface area (Å²) in [5, 5.41) is 14.5. The lowest BCUT2D eigenvalue weighted by atomic mass is 10.0. The summed E-state index contributed by atoms with van der Waals surface area (Å²) < 4.78 is 6.15. The number of likely N-dealkylation sites (tertiary alicyclic amines) is 1. The van der Waals surface area contributed by atoms with Gasteiger partial charge in [0.1, 0.15) is 12.4 Å². The summed E-state index contributed by atoms with van der Waals surface area (Å²) in [5.41, 5.74) is 2.15. The number of carboxylic acid groups (broad SMARTS) is 1. The summed E-state index contributed by atoms with van der Waals surface area (Å²) in [6, 6.07) is 19.5. The van der Waals surface area contributed by atoms with E-state index in [2.05, 4.69) is 17.1 Å². The number of aromatic carboxylic acids is 1. The molecule has 2 N–H and O–H groups in total. The monoisotopic (exact) mass is 500 g/mol. The van der Waals surface area contributed by atoms with E-state index in [1.54, 1.807) is 31.2 Å². The van der Waals surface area contributed by atoms with Gasteiger partial charge < -0.3 is 20.1 Å². The number of hydrogen-bond donors (Lipinski definition) is 2. The average Bonchev–Trinajstić information content (AvgIpc) is 2.89. The number of benzene rings is 3. The third-order valence-electron chi connectivity index (χ3n) is 7.09. The second-order valence-electron chi connectivity index (χ2n) is 9.81. The van der Waals surface area contributed by atoms with Crippen molar-refractivity contribution in [1.82, 2.24) is 10.2 Å². The van der Waals surface area contributed by atoms with Gasteiger partial charge in [0, 0.05) is 24.5 Å². The average molecular weight is 501 g/mol. The lowest BCUT2D eigenvalue weighted by molar-refractivity contribution is -0.117. The number of fused-ring (bicyclic) bond motifs is 1. The van der Waals surface area contributed by atoms with Crippen LogP contribution in [0.15, 0.2) is 66.2 Å². The molecule has 3 aromatic carbocycles. The molecule has 1 fully saturated rings. The molecule has 1 amide bonds. The second kappa shape index (κ2) is 12.5. The first kappa shape index (κ1) is 26.4. The van der Waals surface area contributed by atoms with Crippen LogP contribution in [-0.2, 0) is 4.79 Å². The Morgan fingerprint density at radius 2 is 1.92 bits per heavy atom. The third kappa shape index (κ3) is 6.98. The van der Waals surface area contributed by atoms with E-state index in [4.69, 9.17) is 4.74 Å². The van der Waals surface area contributed by atoms with Gasteiger partial charge >= 0.3 is 5.97 Å². The minimum absolute atomic E-state index is 0.0999. The number of nitrogens with one attached hydrogen (secondary N) is 1. The normalized spacial score (nSPS) is 16.5. The zero-order chi connectivity index (χ0) is 26.2. The smallest absolute Gasteiger partial charge is 0.335 e. The number of amides is 1. The summed E-state index contributed by atoms with van der Waals surface area (Å²) in [7, 11) is 0. The molecule has 0 aromatic heterocycles. The molecule has 1 atom stereocenters. The molecule has 4 rings (SSSR count). The van der Waals surface area contributed by atoms with Crippen LogP contribution < -0.4 is 10.1 Å². The lowest BCUT2D eigenvalue weighted by Crippen LogP contribution is -2.39. The van der Waals surface area contributed by atoms with E-state index in [9.17, 15) is 14.7 Å². The van der Waals surface area contributed by atoms with E-state index in [0.717, 1.165) is 35.8 Å². The third-order valence-corrected chi connectivity index (χ3v) is 7.09. The zero-order valence-corrected chi connectivity index (χ0v) is 21.7. The number of piperidine rings is 1. The zero-order valence-electron chi connectivity index (χ0n) is 21.7. The maximum absolute atomic E-state index is 13.2. The largest absolute Gasteiger partial charge is 0.488 e. The summed E-state index contributed by atoms with van der Waals surface area (Å²) in [6.07, 6.45) is 6.46. The molecule has 3 aromatic rings. The predicted molar refractivity (Wildman–Crippen MR) is 148 cm³/mol. The lowest BCUT2D eigenvalue weighted by Gasteiger charge is -2.33. The molecule has 37 heavy (non-hydrogen) atoms. The topological polar surface area (TPSA) is 78.9 Å². The number of nitrogens with zero attached hydrogens (tertiary/aromatic N) is 1. The molecule has 194 valence electrons. The predicted octanol–water partition coefficient (Wildman–Crippen LogP) is 5.69. The van der Waals surface area contributed by atoms with Crippen LogP contribution in [0, 0.1) is 6.92 Å². The Bertz CT molecular complexity index is 1280. The SMILES string of the molecule is Cc1cc(C=C(COc2cccc3ccccc23)C(=O)NCCCN2CCCCC2C)ccc1C(=O)O. The number of aryl methyl sites for hydroxylation is 1. The van der Waals surface area contributed by atoms with Gasteiger partial charge in [0.15, 0.2) is 0 Å². The minimum Gasteiger partial charge on any atom is -0.488 e. The molecule has 0 bridgehead atoms. The van der Waals surface area contributed by atoms with Crippen LogP contribution in [0.25, 0.3) is 16.8 Å². The van der Waals surface area contributed by atoms with Gasteiger partial charge in [-0.15, -0.1) is 0 Å². The Labute approximate surface area is 218 Å². The molecule has 1 aliphatic heterocycles. The van der Waals surface area contributed by atoms with Crippen LogP contribution in [0.3, 0.4) is 0 Å². The van der Waals surface area contributed by atoms with Crippen molar-refractivity contribution in [2.45, 2.75) is 45.6 Å². The molecule has 0 saturated carbocycles. The highest BCUT2D eigenvalue weighted by atomic mass is 16.5. The number of ether oxygens (including phenoxy) is 1. The standard InChI is InChI=1S/C31H36N2O4/c1-22-19-24(14-15-27(22)31(35)36)20-26(21-37-29-13-7-11-25-10-3-4-12-28(25)29)30(34)32-16-8-18-33-17-6-5-9-23(33)2/h3-4,7,10-15,19-20,23H,5-6,8-9,16-18,21H2,1-2H3,(H,32,34)(H,35,36). The van der Waals surface area contributed by atoms with Crippen molar-refractivity contribution < 1.29 is 19.4 Å². The highest BCUT2D eigenvalue weighted by molar-refractivity contribution is 5.98. The van der Waals surface area contributed by atoms with E-state index in [-0.39, 0.29) is 18.1 Å². The Hall–Kier alpha value is -3.64. The van der Waals surface area contributed by atoms with E-state index in [1.807, 2.05) is 42.5 Å². The van der Waals surface area contributed by atoms with E-state index < -0.39 is 5.97 Å². The van der Waals surface area contributed by atoms with Crippen molar-refractivity contribution in [2.24, 2.45) is 0 Å². The molecule has 1 saturated heterocycles. The number of rotatable bonds is 10. The van der Waals surface area contributed by atoms with Crippen molar-refractivity contribution in [3.63, 3.8) is 0 Å². The van der Waals surface area contributed by atoms with Gasteiger partial charge in [-0.3, -0.25) is 4.79 Å². The molecule has 1 unspecified atom stereocenters. The highest BCUT2D eigenvalue weighted by Gasteiger charge is 2.18. The van der Waals surface area contributed by atoms with Crippen LogP contribution in [-0.4, -0.2) is 54.2 Å². The number of carbonyl (C=O) groups excluding carboxylic acids is 1. The molecule has 1 heterocycles. The van der Waals surface area contributed by atoms with Gasteiger partial charge in [0.05, 0.1) is 11.1 Å². The van der Waals surface area contributed by atoms with E-state index >= 15 is 0 Å². The second-order valence-corrected chi connectivity index (χ2v) is 9.81. The fraction of sp³-hybridized carbons (Fsp3) is 0.355. The summed E-state index contributed by atoms with van der Waals surface area (Å²) >= 11 is 0. The maximum atomic E-state index is 13.2. The molecule has 0 spiro atoms. The molecule has 1 aliphatic rings. The molecular weight excluding hydrogens is 464 g/mol. The van der Waals surface area contributed by atoms with Crippen molar-refractivity contribution in [3.8, 4) is 5.75 Å². The first-order valence-corrected chi connectivity index (χ1v) is 13.1. The van der Waals surface area contributed by atoms with Gasteiger partial charge in [-0.2, -0.15) is 0 Å². The summed E-state index contributed by atoms with van der Waals surface area (Å²) in [4.78, 5) is 27.2.